The molecule has 0 aromatic heterocycles. The molecule has 0 saturated heterocycles. The van der Waals surface area contributed by atoms with Crippen LogP contribution in [0.4, 0.5) is 0 Å². The summed E-state index contributed by atoms with van der Waals surface area (Å²) in [5.74, 6) is -2.10. The van der Waals surface area contributed by atoms with E-state index in [2.05, 4.69) is 0 Å². The highest BCUT2D eigenvalue weighted by Crippen LogP contribution is 2.27. The topological polar surface area (TPSA) is 123 Å². The van der Waals surface area contributed by atoms with Crippen LogP contribution >= 0.6 is 0 Å². The zero-order valence-electron chi connectivity index (χ0n) is 15.5. The maximum absolute atomic E-state index is 12.0. The van der Waals surface area contributed by atoms with E-state index < -0.39 is 23.6 Å². The van der Waals surface area contributed by atoms with E-state index in [1.54, 1.807) is 48.5 Å². The van der Waals surface area contributed by atoms with Gasteiger partial charge in [0.1, 0.15) is 11.5 Å². The predicted octanol–water partition coefficient (Wildman–Crippen LogP) is 1.73. The average molecular weight is 390 g/mol. The van der Waals surface area contributed by atoms with Gasteiger partial charge in [-0.1, -0.05) is 24.3 Å². The Labute approximate surface area is 161 Å². The number of ether oxygens (including phenoxy) is 3. The van der Waals surface area contributed by atoms with E-state index >= 15 is 0 Å². The Morgan fingerprint density at radius 3 is 1.75 bits per heavy atom. The van der Waals surface area contributed by atoms with Crippen LogP contribution in [-0.2, 0) is 27.4 Å². The predicted molar refractivity (Wildman–Crippen MR) is 98.5 cm³/mol. The summed E-state index contributed by atoms with van der Waals surface area (Å²) in [6.45, 7) is -0.212. The van der Waals surface area contributed by atoms with Gasteiger partial charge in [0.25, 0.3) is 0 Å². The lowest BCUT2D eigenvalue weighted by Crippen LogP contribution is -2.56. The number of carboxylic acid groups (broad SMARTS) is 2. The van der Waals surface area contributed by atoms with Crippen molar-refractivity contribution in [3.63, 3.8) is 0 Å². The first-order chi connectivity index (χ1) is 13.3. The molecule has 0 radical (unpaired) electrons. The molecule has 2 aromatic carbocycles. The Hall–Kier alpha value is -3.10. The number of hydrogen-bond acceptors (Lipinski definition) is 6. The minimum atomic E-state index is -2.37. The molecule has 0 aliphatic carbocycles. The largest absolute Gasteiger partial charge is 0.497 e. The van der Waals surface area contributed by atoms with Gasteiger partial charge in [-0.3, -0.25) is 0 Å². The van der Waals surface area contributed by atoms with Crippen LogP contribution in [0, 0.1) is 0 Å². The van der Waals surface area contributed by atoms with Crippen molar-refractivity contribution in [2.24, 2.45) is 0 Å². The van der Waals surface area contributed by atoms with Crippen LogP contribution in [0.5, 0.6) is 11.5 Å². The standard InChI is InChI=1S/C20H22O8/c1-26-15-7-3-13(4-8-15)11-20(19(24)25,17(21)18(22)23)28-12-14-5-9-16(27-2)10-6-14/h3-10,17,21H,11-12H2,1-2H3,(H,22,23)(H,24,25). The second-order valence-corrected chi connectivity index (χ2v) is 6.10. The van der Waals surface area contributed by atoms with E-state index in [9.17, 15) is 24.9 Å². The van der Waals surface area contributed by atoms with Gasteiger partial charge in [0.2, 0.25) is 5.60 Å². The Morgan fingerprint density at radius 1 is 0.893 bits per heavy atom. The molecule has 8 nitrogen and oxygen atoms in total. The molecule has 0 aliphatic heterocycles. The Morgan fingerprint density at radius 2 is 1.36 bits per heavy atom. The summed E-state index contributed by atoms with van der Waals surface area (Å²) in [5.41, 5.74) is -1.31. The second kappa shape index (κ2) is 9.20. The molecular weight excluding hydrogens is 368 g/mol. The van der Waals surface area contributed by atoms with Gasteiger partial charge < -0.3 is 29.5 Å². The van der Waals surface area contributed by atoms with Gasteiger partial charge in [-0.25, -0.2) is 9.59 Å². The number of carbonyl (C=O) groups is 2. The Balaban J connectivity index is 2.32. The Kier molecular flexibility index (Phi) is 6.97. The van der Waals surface area contributed by atoms with Crippen molar-refractivity contribution in [3.8, 4) is 11.5 Å². The van der Waals surface area contributed by atoms with Crippen LogP contribution in [0.15, 0.2) is 48.5 Å². The minimum Gasteiger partial charge on any atom is -0.497 e. The van der Waals surface area contributed by atoms with Gasteiger partial charge in [0.05, 0.1) is 20.8 Å². The first-order valence-electron chi connectivity index (χ1n) is 8.36. The van der Waals surface area contributed by atoms with Gasteiger partial charge in [0.15, 0.2) is 6.10 Å². The molecule has 150 valence electrons. The van der Waals surface area contributed by atoms with Crippen LogP contribution in [0.1, 0.15) is 11.1 Å². The highest BCUT2D eigenvalue weighted by molar-refractivity contribution is 5.87. The summed E-state index contributed by atoms with van der Waals surface area (Å²) in [6.07, 6.45) is -2.62. The SMILES string of the molecule is COc1ccc(COC(Cc2ccc(OC)cc2)(C(=O)O)C(O)C(=O)O)cc1. The van der Waals surface area contributed by atoms with Crippen molar-refractivity contribution >= 4 is 11.9 Å². The van der Waals surface area contributed by atoms with E-state index in [4.69, 9.17) is 14.2 Å². The smallest absolute Gasteiger partial charge is 0.339 e. The van der Waals surface area contributed by atoms with Crippen molar-refractivity contribution in [2.75, 3.05) is 14.2 Å². The number of aliphatic carboxylic acids is 2. The highest BCUT2D eigenvalue weighted by Gasteiger charge is 2.50. The van der Waals surface area contributed by atoms with Gasteiger partial charge >= 0.3 is 11.9 Å². The van der Waals surface area contributed by atoms with E-state index in [0.29, 0.717) is 22.6 Å². The third kappa shape index (κ3) is 4.79. The number of carboxylic acids is 2. The molecule has 0 heterocycles. The van der Waals surface area contributed by atoms with Gasteiger partial charge in [0, 0.05) is 6.42 Å². The molecule has 0 spiro atoms. The third-order valence-corrected chi connectivity index (χ3v) is 4.32. The summed E-state index contributed by atoms with van der Waals surface area (Å²) in [4.78, 5) is 23.4. The van der Waals surface area contributed by atoms with Crippen molar-refractivity contribution in [1.82, 2.24) is 0 Å². The maximum atomic E-state index is 12.0. The van der Waals surface area contributed by atoms with Crippen LogP contribution in [0.3, 0.4) is 0 Å². The normalized spacial score (nSPS) is 14.0. The van der Waals surface area contributed by atoms with Crippen molar-refractivity contribution in [1.29, 1.82) is 0 Å². The fourth-order valence-electron chi connectivity index (χ4n) is 2.66. The van der Waals surface area contributed by atoms with Crippen LogP contribution in [0.2, 0.25) is 0 Å². The summed E-state index contributed by atoms with van der Waals surface area (Å²) < 4.78 is 15.6. The van der Waals surface area contributed by atoms with E-state index in [0.717, 1.165) is 0 Å². The van der Waals surface area contributed by atoms with E-state index in [1.165, 1.54) is 14.2 Å². The fraction of sp³-hybridized carbons (Fsp3) is 0.300. The molecule has 0 aliphatic rings. The lowest BCUT2D eigenvalue weighted by molar-refractivity contribution is -0.195. The monoisotopic (exact) mass is 390 g/mol. The highest BCUT2D eigenvalue weighted by atomic mass is 16.5. The quantitative estimate of drug-likeness (QED) is 0.561. The number of aliphatic hydroxyl groups excluding tert-OH is 1. The first-order valence-corrected chi connectivity index (χ1v) is 8.36. The molecule has 0 fully saturated rings. The summed E-state index contributed by atoms with van der Waals surface area (Å²) in [7, 11) is 3.00. The maximum Gasteiger partial charge on any atom is 0.339 e. The lowest BCUT2D eigenvalue weighted by atomic mass is 9.88. The fourth-order valence-corrected chi connectivity index (χ4v) is 2.66. The average Bonchev–Trinajstić information content (AvgIpc) is 2.71. The summed E-state index contributed by atoms with van der Waals surface area (Å²) in [6, 6.07) is 13.0. The van der Waals surface area contributed by atoms with E-state index in [-0.39, 0.29) is 13.0 Å². The molecule has 2 atom stereocenters. The van der Waals surface area contributed by atoms with Gasteiger partial charge in [-0.2, -0.15) is 0 Å². The van der Waals surface area contributed by atoms with Crippen LogP contribution < -0.4 is 9.47 Å². The lowest BCUT2D eigenvalue weighted by Gasteiger charge is -2.32. The second-order valence-electron chi connectivity index (χ2n) is 6.10. The molecule has 2 aromatic rings. The molecule has 28 heavy (non-hydrogen) atoms. The number of aliphatic hydroxyl groups is 1. The molecule has 0 saturated carbocycles. The summed E-state index contributed by atoms with van der Waals surface area (Å²) >= 11 is 0. The molecule has 3 N–H and O–H groups in total. The molecule has 0 bridgehead atoms. The number of benzene rings is 2. The molecular formula is C20H22O8. The van der Waals surface area contributed by atoms with Crippen LogP contribution in [-0.4, -0.2) is 53.2 Å². The number of rotatable bonds is 10. The molecule has 2 unspecified atom stereocenters. The van der Waals surface area contributed by atoms with Gasteiger partial charge in [-0.15, -0.1) is 0 Å². The Bertz CT molecular complexity index is 800. The molecule has 8 heteroatoms. The first kappa shape index (κ1) is 21.2. The van der Waals surface area contributed by atoms with Crippen LogP contribution in [0.25, 0.3) is 0 Å². The number of methoxy groups -OCH3 is 2. The summed E-state index contributed by atoms with van der Waals surface area (Å²) in [5, 5.41) is 29.2. The molecule has 0 amide bonds. The van der Waals surface area contributed by atoms with Crippen molar-refractivity contribution < 1.29 is 39.1 Å². The van der Waals surface area contributed by atoms with Crippen molar-refractivity contribution in [3.05, 3.63) is 59.7 Å². The zero-order valence-corrected chi connectivity index (χ0v) is 15.5. The third-order valence-electron chi connectivity index (χ3n) is 4.32. The molecule has 2 rings (SSSR count). The zero-order chi connectivity index (χ0) is 20.7. The number of hydrogen-bond donors (Lipinski definition) is 3. The van der Waals surface area contributed by atoms with Crippen molar-refractivity contribution in [2.45, 2.75) is 24.7 Å². The minimum absolute atomic E-state index is 0.212. The van der Waals surface area contributed by atoms with E-state index in [1.807, 2.05) is 0 Å². The van der Waals surface area contributed by atoms with Gasteiger partial charge in [-0.05, 0) is 35.4 Å².